The van der Waals surface area contributed by atoms with Gasteiger partial charge in [-0.25, -0.2) is 4.39 Å². The molecule has 0 bridgehead atoms. The van der Waals surface area contributed by atoms with Crippen LogP contribution in [0.3, 0.4) is 0 Å². The molecule has 8 heteroatoms. The van der Waals surface area contributed by atoms with Crippen molar-refractivity contribution in [2.75, 3.05) is 7.05 Å². The molecule has 3 rings (SSSR count). The Balaban J connectivity index is 1.79. The number of thiocarbonyl (C=S) groups is 1. The van der Waals surface area contributed by atoms with Crippen molar-refractivity contribution < 1.29 is 13.9 Å². The summed E-state index contributed by atoms with van der Waals surface area (Å²) < 4.78 is 18.6. The van der Waals surface area contributed by atoms with Crippen molar-refractivity contribution >= 4 is 52.5 Å². The Kier molecular flexibility index (Phi) is 5.46. The van der Waals surface area contributed by atoms with E-state index in [-0.39, 0.29) is 18.3 Å². The van der Waals surface area contributed by atoms with Crippen LogP contribution in [0.1, 0.15) is 11.1 Å². The van der Waals surface area contributed by atoms with Crippen molar-refractivity contribution in [1.82, 2.24) is 10.2 Å². The second kappa shape index (κ2) is 7.61. The Morgan fingerprint density at radius 1 is 1.23 bits per heavy atom. The van der Waals surface area contributed by atoms with Crippen molar-refractivity contribution in [1.29, 1.82) is 0 Å². The molecule has 1 heterocycles. The molecular weight excluding hydrogens is 398 g/mol. The molecule has 0 atom stereocenters. The predicted molar refractivity (Wildman–Crippen MR) is 104 cm³/mol. The highest BCUT2D eigenvalue weighted by Crippen LogP contribution is 2.35. The maximum Gasteiger partial charge on any atom is 0.276 e. The van der Waals surface area contributed by atoms with Crippen LogP contribution >= 0.6 is 35.4 Å². The molecule has 1 aliphatic heterocycles. The average molecular weight is 411 g/mol. The van der Waals surface area contributed by atoms with E-state index in [2.05, 4.69) is 5.32 Å². The molecule has 1 saturated heterocycles. The van der Waals surface area contributed by atoms with Gasteiger partial charge in [-0.05, 0) is 53.7 Å². The van der Waals surface area contributed by atoms with E-state index < -0.39 is 0 Å². The van der Waals surface area contributed by atoms with Gasteiger partial charge >= 0.3 is 0 Å². The van der Waals surface area contributed by atoms with Crippen LogP contribution in [0.15, 0.2) is 42.1 Å². The Labute approximate surface area is 165 Å². The lowest BCUT2D eigenvalue weighted by atomic mass is 10.1. The van der Waals surface area contributed by atoms with Crippen LogP contribution in [0.5, 0.6) is 5.75 Å². The Morgan fingerprint density at radius 2 is 1.85 bits per heavy atom. The summed E-state index contributed by atoms with van der Waals surface area (Å²) in [5.41, 5.74) is 1.75. The van der Waals surface area contributed by atoms with Gasteiger partial charge in [-0.15, -0.1) is 0 Å². The van der Waals surface area contributed by atoms with Crippen LogP contribution < -0.4 is 10.1 Å². The number of rotatable bonds is 4. The van der Waals surface area contributed by atoms with Crippen molar-refractivity contribution in [2.45, 2.75) is 6.61 Å². The van der Waals surface area contributed by atoms with Gasteiger partial charge in [0, 0.05) is 7.05 Å². The largest absolute Gasteiger partial charge is 0.486 e. The monoisotopic (exact) mass is 410 g/mol. The third-order valence-electron chi connectivity index (χ3n) is 3.71. The first kappa shape index (κ1) is 18.6. The number of hydrogen-bond acceptors (Lipinski definition) is 3. The SMILES string of the molecule is CN1C(=O)C(=Cc2cc(Cl)c(OCc3ccc(F)cc3)c(Cl)c2)NC1=S. The molecule has 0 spiro atoms. The number of carbonyl (C=O) groups excluding carboxylic acids is 1. The van der Waals surface area contributed by atoms with Crippen molar-refractivity contribution in [2.24, 2.45) is 0 Å². The van der Waals surface area contributed by atoms with Crippen molar-refractivity contribution in [3.8, 4) is 5.75 Å². The van der Waals surface area contributed by atoms with E-state index in [1.165, 1.54) is 17.0 Å². The molecule has 0 unspecified atom stereocenters. The topological polar surface area (TPSA) is 41.6 Å². The summed E-state index contributed by atoms with van der Waals surface area (Å²) in [6.07, 6.45) is 1.61. The third kappa shape index (κ3) is 3.98. The van der Waals surface area contributed by atoms with Gasteiger partial charge in [-0.2, -0.15) is 0 Å². The molecule has 2 aromatic rings. The number of amides is 1. The molecule has 2 aromatic carbocycles. The number of nitrogens with one attached hydrogen (secondary N) is 1. The van der Waals surface area contributed by atoms with Crippen molar-refractivity contribution in [3.63, 3.8) is 0 Å². The van der Waals surface area contributed by atoms with Crippen LogP contribution in [-0.2, 0) is 11.4 Å². The number of halogens is 3. The summed E-state index contributed by atoms with van der Waals surface area (Å²) in [5, 5.41) is 3.76. The fourth-order valence-electron chi connectivity index (χ4n) is 2.33. The van der Waals surface area contributed by atoms with E-state index in [4.69, 9.17) is 40.2 Å². The van der Waals surface area contributed by atoms with E-state index >= 15 is 0 Å². The second-order valence-electron chi connectivity index (χ2n) is 5.58. The smallest absolute Gasteiger partial charge is 0.276 e. The highest BCUT2D eigenvalue weighted by molar-refractivity contribution is 7.80. The highest BCUT2D eigenvalue weighted by atomic mass is 35.5. The molecule has 1 amide bonds. The third-order valence-corrected chi connectivity index (χ3v) is 4.65. The number of ether oxygens (including phenoxy) is 1. The molecule has 4 nitrogen and oxygen atoms in total. The molecule has 1 fully saturated rings. The lowest BCUT2D eigenvalue weighted by molar-refractivity contribution is -0.121. The van der Waals surface area contributed by atoms with E-state index in [0.717, 1.165) is 5.56 Å². The minimum atomic E-state index is -0.317. The van der Waals surface area contributed by atoms with Gasteiger partial charge in [0.05, 0.1) is 10.0 Å². The van der Waals surface area contributed by atoms with Crippen LogP contribution in [0.25, 0.3) is 6.08 Å². The van der Waals surface area contributed by atoms with Gasteiger partial charge in [-0.1, -0.05) is 35.3 Å². The number of likely N-dealkylation sites (N-methyl/N-ethyl adjacent to an activating group) is 1. The fourth-order valence-corrected chi connectivity index (χ4v) is 3.13. The van der Waals surface area contributed by atoms with Gasteiger partial charge in [0.25, 0.3) is 5.91 Å². The lowest BCUT2D eigenvalue weighted by Gasteiger charge is -2.11. The Hall–Kier alpha value is -2.15. The van der Waals surface area contributed by atoms with E-state index in [1.807, 2.05) is 0 Å². The fraction of sp³-hybridized carbons (Fsp3) is 0.111. The summed E-state index contributed by atoms with van der Waals surface area (Å²) in [7, 11) is 1.59. The normalized spacial score (nSPS) is 15.5. The molecule has 0 aromatic heterocycles. The summed E-state index contributed by atoms with van der Waals surface area (Å²) in [5.74, 6) is -0.237. The molecule has 26 heavy (non-hydrogen) atoms. The minimum absolute atomic E-state index is 0.194. The summed E-state index contributed by atoms with van der Waals surface area (Å²) in [6, 6.07) is 9.21. The Morgan fingerprint density at radius 3 is 2.38 bits per heavy atom. The molecular formula is C18H13Cl2FN2O2S. The molecule has 0 aliphatic carbocycles. The summed E-state index contributed by atoms with van der Waals surface area (Å²) >= 11 is 17.6. The van der Waals surface area contributed by atoms with Crippen LogP contribution in [0.4, 0.5) is 4.39 Å². The highest BCUT2D eigenvalue weighted by Gasteiger charge is 2.27. The quantitative estimate of drug-likeness (QED) is 0.598. The standard InChI is InChI=1S/C18H13Cl2FN2O2S/c1-23-17(24)15(22-18(23)26)8-11-6-13(19)16(14(20)7-11)25-9-10-2-4-12(21)5-3-10/h2-8H,9H2,1H3,(H,22,26). The first-order valence-electron chi connectivity index (χ1n) is 7.52. The first-order valence-corrected chi connectivity index (χ1v) is 8.68. The Bertz CT molecular complexity index is 893. The average Bonchev–Trinajstić information content (AvgIpc) is 2.83. The predicted octanol–water partition coefficient (Wildman–Crippen LogP) is 4.40. The number of carbonyl (C=O) groups is 1. The van der Waals surface area contributed by atoms with Crippen molar-refractivity contribution in [3.05, 3.63) is 69.1 Å². The maximum atomic E-state index is 12.9. The van der Waals surface area contributed by atoms with Crippen LogP contribution in [0.2, 0.25) is 10.0 Å². The molecule has 0 saturated carbocycles. The summed E-state index contributed by atoms with van der Waals surface area (Å²) in [4.78, 5) is 13.4. The zero-order valence-electron chi connectivity index (χ0n) is 13.6. The first-order chi connectivity index (χ1) is 12.3. The second-order valence-corrected chi connectivity index (χ2v) is 6.78. The van der Waals surface area contributed by atoms with Gasteiger partial charge in [0.2, 0.25) is 0 Å². The molecule has 134 valence electrons. The van der Waals surface area contributed by atoms with E-state index in [0.29, 0.717) is 32.2 Å². The van der Waals surface area contributed by atoms with Gasteiger partial charge in [-0.3, -0.25) is 9.69 Å². The zero-order chi connectivity index (χ0) is 18.8. The van der Waals surface area contributed by atoms with Gasteiger partial charge < -0.3 is 10.1 Å². The zero-order valence-corrected chi connectivity index (χ0v) is 15.9. The molecule has 0 radical (unpaired) electrons. The minimum Gasteiger partial charge on any atom is -0.486 e. The van der Waals surface area contributed by atoms with Crippen LogP contribution in [0, 0.1) is 5.82 Å². The summed E-state index contributed by atoms with van der Waals surface area (Å²) in [6.45, 7) is 0.194. The maximum absolute atomic E-state index is 12.9. The molecule has 1 aliphatic rings. The number of nitrogens with zero attached hydrogens (tertiary/aromatic N) is 1. The van der Waals surface area contributed by atoms with Crippen LogP contribution in [-0.4, -0.2) is 23.0 Å². The number of benzene rings is 2. The van der Waals surface area contributed by atoms with E-state index in [9.17, 15) is 9.18 Å². The number of hydrogen-bond donors (Lipinski definition) is 1. The molecule has 1 N–H and O–H groups in total. The van der Waals surface area contributed by atoms with E-state index in [1.54, 1.807) is 37.4 Å². The van der Waals surface area contributed by atoms with Gasteiger partial charge in [0.15, 0.2) is 10.9 Å². The van der Waals surface area contributed by atoms with Gasteiger partial charge in [0.1, 0.15) is 18.1 Å². The lowest BCUT2D eigenvalue weighted by Crippen LogP contribution is -2.25.